The van der Waals surface area contributed by atoms with Crippen LogP contribution in [0.1, 0.15) is 45.4 Å². The van der Waals surface area contributed by atoms with E-state index in [4.69, 9.17) is 23.2 Å². The van der Waals surface area contributed by atoms with Crippen LogP contribution in [0.4, 0.5) is 13.2 Å². The molecule has 0 aliphatic heterocycles. The van der Waals surface area contributed by atoms with Crippen LogP contribution in [-0.2, 0) is 12.6 Å². The van der Waals surface area contributed by atoms with Crippen molar-refractivity contribution < 1.29 is 18.0 Å². The Morgan fingerprint density at radius 2 is 1.89 bits per heavy atom. The first-order valence-electron chi connectivity index (χ1n) is 8.04. The van der Waals surface area contributed by atoms with Crippen molar-refractivity contribution in [1.29, 1.82) is 0 Å². The molecule has 2 heterocycles. The van der Waals surface area contributed by atoms with E-state index in [9.17, 15) is 18.0 Å². The molecule has 1 aromatic carbocycles. The fourth-order valence-electron chi connectivity index (χ4n) is 2.99. The molecule has 27 heavy (non-hydrogen) atoms. The first kappa shape index (κ1) is 19.7. The number of hydrogen-bond acceptors (Lipinski definition) is 2. The molecule has 142 valence electrons. The SMILES string of the molecule is CC(=O)c1ccc(Cl)c(Cc2nc3c(C)cc(C(F)(F)F)cn3c2C)c1Cl. The highest BCUT2D eigenvalue weighted by Gasteiger charge is 2.32. The second-order valence-corrected chi connectivity index (χ2v) is 7.15. The van der Waals surface area contributed by atoms with Gasteiger partial charge in [-0.05, 0) is 50.1 Å². The molecule has 2 aromatic heterocycles. The maximum atomic E-state index is 13.1. The van der Waals surface area contributed by atoms with Crippen LogP contribution in [0.2, 0.25) is 10.0 Å². The molecule has 0 N–H and O–H groups in total. The van der Waals surface area contributed by atoms with Gasteiger partial charge in [-0.15, -0.1) is 0 Å². The molecule has 0 radical (unpaired) electrons. The number of rotatable bonds is 3. The molecule has 0 aliphatic rings. The van der Waals surface area contributed by atoms with Gasteiger partial charge in [-0.25, -0.2) is 4.98 Å². The average Bonchev–Trinajstić information content (AvgIpc) is 2.87. The molecule has 8 heteroatoms. The topological polar surface area (TPSA) is 34.4 Å². The van der Waals surface area contributed by atoms with Gasteiger partial charge in [0.1, 0.15) is 5.65 Å². The smallest absolute Gasteiger partial charge is 0.303 e. The normalized spacial score (nSPS) is 12.0. The monoisotopic (exact) mass is 414 g/mol. The highest BCUT2D eigenvalue weighted by molar-refractivity contribution is 6.38. The maximum absolute atomic E-state index is 13.1. The van der Waals surface area contributed by atoms with Gasteiger partial charge in [0.25, 0.3) is 0 Å². The van der Waals surface area contributed by atoms with E-state index < -0.39 is 11.7 Å². The van der Waals surface area contributed by atoms with Gasteiger partial charge in [-0.1, -0.05) is 23.2 Å². The molecule has 0 saturated heterocycles. The lowest BCUT2D eigenvalue weighted by Gasteiger charge is -2.10. The van der Waals surface area contributed by atoms with Crippen molar-refractivity contribution in [3.05, 3.63) is 68.1 Å². The number of pyridine rings is 1. The largest absolute Gasteiger partial charge is 0.417 e. The summed E-state index contributed by atoms with van der Waals surface area (Å²) < 4.78 is 40.7. The molecule has 3 aromatic rings. The number of nitrogens with zero attached hydrogens (tertiary/aromatic N) is 2. The van der Waals surface area contributed by atoms with E-state index in [1.54, 1.807) is 26.0 Å². The number of halogens is 5. The molecule has 0 bridgehead atoms. The Balaban J connectivity index is 2.15. The number of benzene rings is 1. The summed E-state index contributed by atoms with van der Waals surface area (Å²) in [6.07, 6.45) is -3.21. The van der Waals surface area contributed by atoms with Gasteiger partial charge in [0, 0.05) is 28.9 Å². The highest BCUT2D eigenvalue weighted by Crippen LogP contribution is 2.33. The summed E-state index contributed by atoms with van der Waals surface area (Å²) in [4.78, 5) is 16.2. The van der Waals surface area contributed by atoms with E-state index in [1.807, 2.05) is 0 Å². The molecule has 0 unspecified atom stereocenters. The van der Waals surface area contributed by atoms with E-state index in [0.29, 0.717) is 38.7 Å². The van der Waals surface area contributed by atoms with Crippen LogP contribution in [0.15, 0.2) is 24.4 Å². The summed E-state index contributed by atoms with van der Waals surface area (Å²) in [5, 5.41) is 0.605. The van der Waals surface area contributed by atoms with E-state index in [2.05, 4.69) is 4.98 Å². The predicted molar refractivity (Wildman–Crippen MR) is 98.9 cm³/mol. The fourth-order valence-corrected chi connectivity index (χ4v) is 3.63. The summed E-state index contributed by atoms with van der Waals surface area (Å²) in [6.45, 7) is 4.67. The van der Waals surface area contributed by atoms with Crippen LogP contribution in [0, 0.1) is 13.8 Å². The second kappa shape index (κ2) is 6.84. The Labute approximate surface area is 163 Å². The molecular weight excluding hydrogens is 400 g/mol. The molecule has 0 amide bonds. The van der Waals surface area contributed by atoms with Gasteiger partial charge in [0.15, 0.2) is 5.78 Å². The van der Waals surface area contributed by atoms with Crippen LogP contribution >= 0.6 is 23.2 Å². The Hall–Kier alpha value is -2.05. The van der Waals surface area contributed by atoms with E-state index >= 15 is 0 Å². The first-order valence-corrected chi connectivity index (χ1v) is 8.79. The van der Waals surface area contributed by atoms with Gasteiger partial charge in [-0.3, -0.25) is 4.79 Å². The Morgan fingerprint density at radius 3 is 2.48 bits per heavy atom. The Bertz CT molecular complexity index is 1070. The number of hydrogen-bond donors (Lipinski definition) is 0. The van der Waals surface area contributed by atoms with Gasteiger partial charge >= 0.3 is 6.18 Å². The lowest BCUT2D eigenvalue weighted by molar-refractivity contribution is -0.137. The fraction of sp³-hybridized carbons (Fsp3) is 0.263. The van der Waals surface area contributed by atoms with E-state index in [1.165, 1.54) is 11.3 Å². The summed E-state index contributed by atoms with van der Waals surface area (Å²) in [7, 11) is 0. The Kier molecular flexibility index (Phi) is 4.99. The molecule has 0 saturated carbocycles. The number of alkyl halides is 3. The zero-order valence-electron chi connectivity index (χ0n) is 14.7. The molecule has 3 rings (SSSR count). The molecule has 0 spiro atoms. The van der Waals surface area contributed by atoms with Crippen molar-refractivity contribution >= 4 is 34.6 Å². The number of imidazole rings is 1. The summed E-state index contributed by atoms with van der Waals surface area (Å²) in [5.74, 6) is -0.199. The van der Waals surface area contributed by atoms with Crippen LogP contribution in [-0.4, -0.2) is 15.2 Å². The minimum atomic E-state index is -4.45. The van der Waals surface area contributed by atoms with Crippen molar-refractivity contribution in [2.75, 3.05) is 0 Å². The number of aromatic nitrogens is 2. The molecule has 0 atom stereocenters. The first-order chi connectivity index (χ1) is 12.5. The van der Waals surface area contributed by atoms with Gasteiger partial charge < -0.3 is 4.40 Å². The Morgan fingerprint density at radius 1 is 1.22 bits per heavy atom. The van der Waals surface area contributed by atoms with Crippen molar-refractivity contribution in [3.63, 3.8) is 0 Å². The minimum absolute atomic E-state index is 0.199. The number of carbonyl (C=O) groups is 1. The number of fused-ring (bicyclic) bond motifs is 1. The van der Waals surface area contributed by atoms with Crippen LogP contribution in [0.3, 0.4) is 0 Å². The summed E-state index contributed by atoms with van der Waals surface area (Å²) in [6, 6.07) is 4.20. The van der Waals surface area contributed by atoms with Crippen molar-refractivity contribution in [2.24, 2.45) is 0 Å². The zero-order chi connectivity index (χ0) is 20.1. The maximum Gasteiger partial charge on any atom is 0.417 e. The van der Waals surface area contributed by atoms with Gasteiger partial charge in [-0.2, -0.15) is 13.2 Å². The molecular formula is C19H15Cl2F3N2O. The minimum Gasteiger partial charge on any atom is -0.303 e. The lowest BCUT2D eigenvalue weighted by atomic mass is 10.0. The third-order valence-corrected chi connectivity index (χ3v) is 5.26. The van der Waals surface area contributed by atoms with Gasteiger partial charge in [0.05, 0.1) is 16.3 Å². The number of Topliss-reactive ketones (excluding diaryl/α,β-unsaturated/α-hetero) is 1. The number of carbonyl (C=O) groups excluding carboxylic acids is 1. The highest BCUT2D eigenvalue weighted by atomic mass is 35.5. The summed E-state index contributed by atoms with van der Waals surface area (Å²) in [5.41, 5.74) is 2.06. The van der Waals surface area contributed by atoms with Gasteiger partial charge in [0.2, 0.25) is 0 Å². The quantitative estimate of drug-likeness (QED) is 0.487. The number of ketones is 1. The second-order valence-electron chi connectivity index (χ2n) is 6.37. The number of aryl methyl sites for hydroxylation is 2. The predicted octanol–water partition coefficient (Wildman–Crippen LogP) is 6.07. The summed E-state index contributed by atoms with van der Waals surface area (Å²) >= 11 is 12.6. The molecule has 3 nitrogen and oxygen atoms in total. The zero-order valence-corrected chi connectivity index (χ0v) is 16.2. The van der Waals surface area contributed by atoms with E-state index in [-0.39, 0.29) is 17.2 Å². The van der Waals surface area contributed by atoms with Crippen molar-refractivity contribution in [3.8, 4) is 0 Å². The van der Waals surface area contributed by atoms with Crippen LogP contribution < -0.4 is 0 Å². The van der Waals surface area contributed by atoms with Crippen molar-refractivity contribution in [2.45, 2.75) is 33.4 Å². The third kappa shape index (κ3) is 3.56. The third-order valence-electron chi connectivity index (χ3n) is 4.48. The average molecular weight is 415 g/mol. The van der Waals surface area contributed by atoms with E-state index in [0.717, 1.165) is 12.3 Å². The van der Waals surface area contributed by atoms with Crippen molar-refractivity contribution in [1.82, 2.24) is 9.38 Å². The van der Waals surface area contributed by atoms with Crippen LogP contribution in [0.5, 0.6) is 0 Å². The van der Waals surface area contributed by atoms with Crippen LogP contribution in [0.25, 0.3) is 5.65 Å². The molecule has 0 fully saturated rings. The standard InChI is InChI=1S/C19H15Cl2F3N2O/c1-9-6-12(19(22,23)24)8-26-10(2)16(25-18(9)26)7-14-15(20)5-4-13(11(3)27)17(14)21/h4-6,8H,7H2,1-3H3. The lowest BCUT2D eigenvalue weighted by Crippen LogP contribution is -2.07. The molecule has 0 aliphatic carbocycles.